The molecule has 2 heterocycles. The molecule has 74 valence electrons. The van der Waals surface area contributed by atoms with Gasteiger partial charge in [-0.2, -0.15) is 0 Å². The quantitative estimate of drug-likeness (QED) is 0.585. The van der Waals surface area contributed by atoms with E-state index >= 15 is 0 Å². The van der Waals surface area contributed by atoms with E-state index in [4.69, 9.17) is 4.74 Å². The normalized spacial score (nSPS) is 40.4. The molecule has 2 aliphatic rings. The fraction of sp³-hybridized carbons (Fsp3) is 0.889. The van der Waals surface area contributed by atoms with Gasteiger partial charge in [0.15, 0.2) is 0 Å². The Morgan fingerprint density at radius 1 is 1.38 bits per heavy atom. The van der Waals surface area contributed by atoms with Crippen molar-refractivity contribution in [2.45, 2.75) is 38.0 Å². The van der Waals surface area contributed by atoms with Crippen LogP contribution in [0.2, 0.25) is 0 Å². The molecule has 1 amide bonds. The van der Waals surface area contributed by atoms with Gasteiger partial charge in [-0.1, -0.05) is 0 Å². The minimum Gasteiger partial charge on any atom is -0.373 e. The number of carbonyl (C=O) groups excluding carboxylic acids is 1. The average molecular weight is 184 g/mol. The number of piperazine rings is 1. The zero-order valence-electron chi connectivity index (χ0n) is 7.88. The van der Waals surface area contributed by atoms with Gasteiger partial charge in [0.2, 0.25) is 5.91 Å². The van der Waals surface area contributed by atoms with Crippen molar-refractivity contribution >= 4 is 5.91 Å². The lowest BCUT2D eigenvalue weighted by Gasteiger charge is -2.27. The Hall–Kier alpha value is -0.610. The molecule has 0 radical (unpaired) electrons. The van der Waals surface area contributed by atoms with Crippen LogP contribution in [-0.2, 0) is 9.53 Å². The molecular weight excluding hydrogens is 168 g/mol. The summed E-state index contributed by atoms with van der Waals surface area (Å²) in [5.41, 5.74) is 0. The van der Waals surface area contributed by atoms with Crippen LogP contribution in [0, 0.1) is 0 Å². The highest BCUT2D eigenvalue weighted by Crippen LogP contribution is 2.22. The number of rotatable bonds is 1. The van der Waals surface area contributed by atoms with E-state index in [9.17, 15) is 4.79 Å². The van der Waals surface area contributed by atoms with Gasteiger partial charge in [0.25, 0.3) is 0 Å². The van der Waals surface area contributed by atoms with Crippen LogP contribution in [0.15, 0.2) is 0 Å². The summed E-state index contributed by atoms with van der Waals surface area (Å²) in [6.07, 6.45) is 2.44. The second-order valence-electron chi connectivity index (χ2n) is 3.79. The second kappa shape index (κ2) is 3.64. The first-order valence-corrected chi connectivity index (χ1v) is 4.94. The highest BCUT2D eigenvalue weighted by molar-refractivity contribution is 5.83. The lowest BCUT2D eigenvalue weighted by molar-refractivity contribution is -0.128. The van der Waals surface area contributed by atoms with E-state index < -0.39 is 0 Å². The van der Waals surface area contributed by atoms with Crippen LogP contribution in [-0.4, -0.2) is 37.2 Å². The number of hydrogen-bond donors (Lipinski definition) is 2. The summed E-state index contributed by atoms with van der Waals surface area (Å²) < 4.78 is 5.65. The van der Waals surface area contributed by atoms with Gasteiger partial charge in [-0.25, -0.2) is 0 Å². The van der Waals surface area contributed by atoms with Crippen LogP contribution < -0.4 is 10.6 Å². The molecule has 0 aliphatic carbocycles. The minimum absolute atomic E-state index is 0.0790. The SMILES string of the molecule is CC1CCC(C2NCCNC2=O)O1. The summed E-state index contributed by atoms with van der Waals surface area (Å²) >= 11 is 0. The van der Waals surface area contributed by atoms with Crippen molar-refractivity contribution in [2.24, 2.45) is 0 Å². The molecule has 13 heavy (non-hydrogen) atoms. The molecule has 4 heteroatoms. The molecule has 2 fully saturated rings. The van der Waals surface area contributed by atoms with Gasteiger partial charge in [-0.3, -0.25) is 4.79 Å². The van der Waals surface area contributed by atoms with Crippen LogP contribution >= 0.6 is 0 Å². The molecule has 4 nitrogen and oxygen atoms in total. The van der Waals surface area contributed by atoms with Crippen molar-refractivity contribution in [3.05, 3.63) is 0 Å². The van der Waals surface area contributed by atoms with Crippen molar-refractivity contribution < 1.29 is 9.53 Å². The van der Waals surface area contributed by atoms with E-state index in [-0.39, 0.29) is 18.1 Å². The first-order chi connectivity index (χ1) is 6.27. The molecule has 0 aromatic carbocycles. The topological polar surface area (TPSA) is 50.4 Å². The van der Waals surface area contributed by atoms with E-state index in [1.54, 1.807) is 0 Å². The zero-order valence-corrected chi connectivity index (χ0v) is 7.88. The molecule has 0 spiro atoms. The standard InChI is InChI=1S/C9H16N2O2/c1-6-2-3-7(13-6)8-9(12)11-5-4-10-8/h6-8,10H,2-5H2,1H3,(H,11,12). The molecule has 0 saturated carbocycles. The lowest BCUT2D eigenvalue weighted by Crippen LogP contribution is -2.57. The molecule has 3 unspecified atom stereocenters. The predicted molar refractivity (Wildman–Crippen MR) is 48.4 cm³/mol. The summed E-state index contributed by atoms with van der Waals surface area (Å²) in [7, 11) is 0. The maximum atomic E-state index is 11.4. The number of amides is 1. The van der Waals surface area contributed by atoms with Crippen molar-refractivity contribution in [2.75, 3.05) is 13.1 Å². The van der Waals surface area contributed by atoms with Gasteiger partial charge in [-0.05, 0) is 19.8 Å². The van der Waals surface area contributed by atoms with Gasteiger partial charge in [0.05, 0.1) is 12.2 Å². The van der Waals surface area contributed by atoms with Crippen molar-refractivity contribution in [3.63, 3.8) is 0 Å². The lowest BCUT2D eigenvalue weighted by atomic mass is 10.1. The summed E-state index contributed by atoms with van der Waals surface area (Å²) in [6, 6.07) is -0.126. The van der Waals surface area contributed by atoms with E-state index in [2.05, 4.69) is 17.6 Å². The fourth-order valence-corrected chi connectivity index (χ4v) is 1.99. The highest BCUT2D eigenvalue weighted by Gasteiger charge is 2.35. The van der Waals surface area contributed by atoms with Crippen LogP contribution in [0.4, 0.5) is 0 Å². The zero-order chi connectivity index (χ0) is 9.26. The number of hydrogen-bond acceptors (Lipinski definition) is 3. The Labute approximate surface area is 78.0 Å². The van der Waals surface area contributed by atoms with Crippen molar-refractivity contribution in [3.8, 4) is 0 Å². The summed E-state index contributed by atoms with van der Waals surface area (Å²) in [4.78, 5) is 11.4. The molecule has 0 bridgehead atoms. The molecule has 2 rings (SSSR count). The second-order valence-corrected chi connectivity index (χ2v) is 3.79. The average Bonchev–Trinajstić information content (AvgIpc) is 2.53. The van der Waals surface area contributed by atoms with Crippen LogP contribution in [0.5, 0.6) is 0 Å². The van der Waals surface area contributed by atoms with Crippen LogP contribution in [0.3, 0.4) is 0 Å². The van der Waals surface area contributed by atoms with Crippen LogP contribution in [0.1, 0.15) is 19.8 Å². The Morgan fingerprint density at radius 2 is 2.23 bits per heavy atom. The molecule has 2 N–H and O–H groups in total. The molecule has 2 saturated heterocycles. The van der Waals surface area contributed by atoms with Crippen LogP contribution in [0.25, 0.3) is 0 Å². The van der Waals surface area contributed by atoms with E-state index in [1.807, 2.05) is 0 Å². The van der Waals surface area contributed by atoms with Gasteiger partial charge in [-0.15, -0.1) is 0 Å². The number of carbonyl (C=O) groups is 1. The summed E-state index contributed by atoms with van der Waals surface area (Å²) in [5, 5.41) is 6.04. The van der Waals surface area contributed by atoms with E-state index in [1.165, 1.54) is 0 Å². The highest BCUT2D eigenvalue weighted by atomic mass is 16.5. The third-order valence-corrected chi connectivity index (χ3v) is 2.71. The third-order valence-electron chi connectivity index (χ3n) is 2.71. The summed E-state index contributed by atoms with van der Waals surface area (Å²) in [5.74, 6) is 0.0883. The Balaban J connectivity index is 1.95. The Bertz CT molecular complexity index is 208. The van der Waals surface area contributed by atoms with E-state index in [0.717, 1.165) is 25.9 Å². The molecule has 0 aromatic heterocycles. The predicted octanol–water partition coefficient (Wildman–Crippen LogP) is -0.358. The monoisotopic (exact) mass is 184 g/mol. The summed E-state index contributed by atoms with van der Waals surface area (Å²) in [6.45, 7) is 3.64. The van der Waals surface area contributed by atoms with Gasteiger partial charge < -0.3 is 15.4 Å². The van der Waals surface area contributed by atoms with Crippen molar-refractivity contribution in [1.29, 1.82) is 0 Å². The molecular formula is C9H16N2O2. The van der Waals surface area contributed by atoms with Gasteiger partial charge >= 0.3 is 0 Å². The largest absolute Gasteiger partial charge is 0.373 e. The maximum Gasteiger partial charge on any atom is 0.239 e. The maximum absolute atomic E-state index is 11.4. The number of ether oxygens (including phenoxy) is 1. The van der Waals surface area contributed by atoms with E-state index in [0.29, 0.717) is 6.10 Å². The molecule has 2 aliphatic heterocycles. The smallest absolute Gasteiger partial charge is 0.239 e. The van der Waals surface area contributed by atoms with Crippen molar-refractivity contribution in [1.82, 2.24) is 10.6 Å². The molecule has 3 atom stereocenters. The Kier molecular flexibility index (Phi) is 2.51. The first-order valence-electron chi connectivity index (χ1n) is 4.94. The molecule has 0 aromatic rings. The minimum atomic E-state index is -0.126. The fourth-order valence-electron chi connectivity index (χ4n) is 1.99. The Morgan fingerprint density at radius 3 is 2.85 bits per heavy atom. The van der Waals surface area contributed by atoms with Gasteiger partial charge in [0.1, 0.15) is 6.04 Å². The first kappa shape index (κ1) is 8.97. The third kappa shape index (κ3) is 1.84. The number of nitrogens with one attached hydrogen (secondary N) is 2. The van der Waals surface area contributed by atoms with Gasteiger partial charge in [0, 0.05) is 13.1 Å².